The Morgan fingerprint density at radius 1 is 1.02 bits per heavy atom. The Balaban J connectivity index is 1.23. The molecular formula is C34H50N2O6Si. The van der Waals surface area contributed by atoms with Crippen LogP contribution in [-0.2, 0) is 9.26 Å². The molecule has 4 aliphatic rings. The highest BCUT2D eigenvalue weighted by atomic mass is 28.4. The highest BCUT2D eigenvalue weighted by molar-refractivity contribution is 6.74. The molecule has 8 nitrogen and oxygen atoms in total. The summed E-state index contributed by atoms with van der Waals surface area (Å²) in [6.07, 6.45) is 11.3. The second-order valence-corrected chi connectivity index (χ2v) is 20.3. The minimum Gasteiger partial charge on any atom is -0.411 e. The number of nitro benzene ring substituents is 1. The van der Waals surface area contributed by atoms with Gasteiger partial charge in [-0.05, 0) is 117 Å². The SMILES string of the molecule is C/C(=N\OC(=O)Oc1ccc([N+](=O)[O-])cc1)[C@H]1CC[C@H]2[C@@H]3CCC4=C[C@H](O[Si](C)(C)C(C)(C)C)CC[C@]4(C)[C@H]3CC[C@]12C. The van der Waals surface area contributed by atoms with E-state index in [9.17, 15) is 14.9 Å². The van der Waals surface area contributed by atoms with Gasteiger partial charge in [-0.2, -0.15) is 0 Å². The number of oxime groups is 1. The zero-order valence-corrected chi connectivity index (χ0v) is 28.3. The third-order valence-corrected chi connectivity index (χ3v) is 16.8. The van der Waals surface area contributed by atoms with Crippen molar-refractivity contribution >= 4 is 25.9 Å². The molecule has 0 aromatic heterocycles. The predicted molar refractivity (Wildman–Crippen MR) is 171 cm³/mol. The van der Waals surface area contributed by atoms with E-state index in [2.05, 4.69) is 58.9 Å². The topological polar surface area (TPSA) is 100 Å². The molecule has 3 fully saturated rings. The summed E-state index contributed by atoms with van der Waals surface area (Å²) in [6.45, 7) is 18.7. The molecule has 0 aliphatic heterocycles. The zero-order valence-electron chi connectivity index (χ0n) is 27.3. The standard InChI is InChI=1S/C34H50N2O6Si/c1-22(35-41-31(37)40-25-12-10-24(11-13-25)36(38)39)28-15-16-29-27-14-9-23-21-26(42-43(7,8)32(2,3)4)17-19-33(23,5)30(27)18-20-34(28,29)6/h10-13,21,26-30H,9,14-20H2,1-8H3/b35-22+/t26-,27+,28-,29+,30+,33+,34-/m1/s1. The van der Waals surface area contributed by atoms with Gasteiger partial charge in [0.2, 0.25) is 0 Å². The number of nitro groups is 1. The summed E-state index contributed by atoms with van der Waals surface area (Å²) in [4.78, 5) is 27.8. The zero-order chi connectivity index (χ0) is 31.4. The summed E-state index contributed by atoms with van der Waals surface area (Å²) >= 11 is 0. The molecule has 0 saturated heterocycles. The molecule has 236 valence electrons. The van der Waals surface area contributed by atoms with Gasteiger partial charge < -0.3 is 9.16 Å². The minimum absolute atomic E-state index is 0.0733. The van der Waals surface area contributed by atoms with Gasteiger partial charge in [-0.3, -0.25) is 15.0 Å². The van der Waals surface area contributed by atoms with Crippen molar-refractivity contribution in [1.82, 2.24) is 0 Å². The largest absolute Gasteiger partial charge is 0.540 e. The second-order valence-electron chi connectivity index (χ2n) is 15.6. The number of non-ortho nitro benzene ring substituents is 1. The van der Waals surface area contributed by atoms with Crippen LogP contribution >= 0.6 is 0 Å². The lowest BCUT2D eigenvalue weighted by atomic mass is 9.46. The quantitative estimate of drug-likeness (QED) is 0.0465. The molecule has 0 unspecified atom stereocenters. The Labute approximate surface area is 257 Å². The van der Waals surface area contributed by atoms with Gasteiger partial charge in [0, 0.05) is 18.1 Å². The summed E-state index contributed by atoms with van der Waals surface area (Å²) in [6, 6.07) is 5.31. The van der Waals surface area contributed by atoms with Gasteiger partial charge >= 0.3 is 6.16 Å². The number of fused-ring (bicyclic) bond motifs is 5. The molecule has 3 saturated carbocycles. The van der Waals surface area contributed by atoms with Crippen molar-refractivity contribution in [3.63, 3.8) is 0 Å². The van der Waals surface area contributed by atoms with Crippen LogP contribution in [0, 0.1) is 44.6 Å². The first kappa shape index (κ1) is 31.9. The Bertz CT molecular complexity index is 1300. The Hall–Kier alpha value is -2.52. The van der Waals surface area contributed by atoms with Crippen molar-refractivity contribution in [2.75, 3.05) is 0 Å². The number of allylic oxidation sites excluding steroid dienone is 1. The average molecular weight is 611 g/mol. The number of hydrogen-bond acceptors (Lipinski definition) is 7. The molecule has 0 N–H and O–H groups in total. The Kier molecular flexibility index (Phi) is 8.48. The van der Waals surface area contributed by atoms with E-state index in [-0.39, 0.29) is 39.3 Å². The average Bonchev–Trinajstić information content (AvgIpc) is 3.29. The van der Waals surface area contributed by atoms with Crippen LogP contribution in [0.3, 0.4) is 0 Å². The maximum absolute atomic E-state index is 12.3. The predicted octanol–water partition coefficient (Wildman–Crippen LogP) is 9.46. The van der Waals surface area contributed by atoms with Crippen molar-refractivity contribution in [2.24, 2.45) is 39.7 Å². The van der Waals surface area contributed by atoms with Gasteiger partial charge in [-0.1, -0.05) is 51.4 Å². The Morgan fingerprint density at radius 2 is 1.72 bits per heavy atom. The van der Waals surface area contributed by atoms with Crippen molar-refractivity contribution in [3.05, 3.63) is 46.0 Å². The minimum atomic E-state index is -1.81. The van der Waals surface area contributed by atoms with E-state index >= 15 is 0 Å². The summed E-state index contributed by atoms with van der Waals surface area (Å²) in [7, 11) is -1.81. The maximum atomic E-state index is 12.3. The molecule has 7 atom stereocenters. The van der Waals surface area contributed by atoms with Gasteiger partial charge in [-0.25, -0.2) is 4.79 Å². The summed E-state index contributed by atoms with van der Waals surface area (Å²) in [5.41, 5.74) is 2.83. The molecular weight excluding hydrogens is 560 g/mol. The first-order valence-corrected chi connectivity index (χ1v) is 19.0. The lowest BCUT2D eigenvalue weighted by molar-refractivity contribution is -0.384. The highest BCUT2D eigenvalue weighted by Crippen LogP contribution is 2.67. The fourth-order valence-corrected chi connectivity index (χ4v) is 10.3. The molecule has 1 aromatic carbocycles. The van der Waals surface area contributed by atoms with Crippen LogP contribution < -0.4 is 4.74 Å². The van der Waals surface area contributed by atoms with Crippen LogP contribution in [-0.4, -0.2) is 31.2 Å². The first-order valence-electron chi connectivity index (χ1n) is 16.1. The Morgan fingerprint density at radius 3 is 2.37 bits per heavy atom. The fraction of sp³-hybridized carbons (Fsp3) is 0.706. The highest BCUT2D eigenvalue weighted by Gasteiger charge is 2.59. The summed E-state index contributed by atoms with van der Waals surface area (Å²) in [5, 5.41) is 15.3. The van der Waals surface area contributed by atoms with Gasteiger partial charge in [0.25, 0.3) is 5.69 Å². The number of hydrogen-bond donors (Lipinski definition) is 0. The number of nitrogens with zero attached hydrogens (tertiary/aromatic N) is 2. The molecule has 5 rings (SSSR count). The van der Waals surface area contributed by atoms with Gasteiger partial charge in [0.15, 0.2) is 8.32 Å². The molecule has 43 heavy (non-hydrogen) atoms. The lowest BCUT2D eigenvalue weighted by Crippen LogP contribution is -2.52. The third-order valence-electron chi connectivity index (χ3n) is 12.3. The first-order chi connectivity index (χ1) is 20.0. The summed E-state index contributed by atoms with van der Waals surface area (Å²) < 4.78 is 12.0. The van der Waals surface area contributed by atoms with Crippen molar-refractivity contribution < 1.29 is 23.7 Å². The van der Waals surface area contributed by atoms with E-state index in [1.165, 1.54) is 56.4 Å². The molecule has 0 heterocycles. The smallest absolute Gasteiger partial charge is 0.411 e. The maximum Gasteiger partial charge on any atom is 0.540 e. The summed E-state index contributed by atoms with van der Waals surface area (Å²) in [5.74, 6) is 2.51. The molecule has 9 heteroatoms. The number of ether oxygens (including phenoxy) is 1. The number of benzene rings is 1. The van der Waals surface area contributed by atoms with Gasteiger partial charge in [0.05, 0.1) is 16.7 Å². The molecule has 4 aliphatic carbocycles. The third kappa shape index (κ3) is 5.96. The molecule has 0 bridgehead atoms. The second kappa shape index (κ2) is 11.4. The molecule has 0 radical (unpaired) electrons. The molecule has 0 amide bonds. The normalized spacial score (nSPS) is 34.4. The van der Waals surface area contributed by atoms with Crippen LogP contribution in [0.25, 0.3) is 0 Å². The molecule has 0 spiro atoms. The van der Waals surface area contributed by atoms with Crippen molar-refractivity contribution in [2.45, 2.75) is 117 Å². The van der Waals surface area contributed by atoms with E-state index in [1.54, 1.807) is 5.57 Å². The monoisotopic (exact) mass is 610 g/mol. The van der Waals surface area contributed by atoms with E-state index in [0.29, 0.717) is 17.8 Å². The lowest BCUT2D eigenvalue weighted by Gasteiger charge is -2.59. The van der Waals surface area contributed by atoms with E-state index in [4.69, 9.17) is 14.0 Å². The van der Waals surface area contributed by atoms with Crippen LogP contribution in [0.4, 0.5) is 10.5 Å². The molecule has 1 aromatic rings. The van der Waals surface area contributed by atoms with Crippen LogP contribution in [0.15, 0.2) is 41.1 Å². The van der Waals surface area contributed by atoms with E-state index in [1.807, 2.05) is 6.92 Å². The van der Waals surface area contributed by atoms with Crippen molar-refractivity contribution in [1.29, 1.82) is 0 Å². The van der Waals surface area contributed by atoms with E-state index in [0.717, 1.165) is 25.0 Å². The van der Waals surface area contributed by atoms with Crippen LogP contribution in [0.5, 0.6) is 5.75 Å². The number of rotatable bonds is 6. The van der Waals surface area contributed by atoms with Gasteiger partial charge in [-0.15, -0.1) is 0 Å². The van der Waals surface area contributed by atoms with Crippen LogP contribution in [0.2, 0.25) is 18.1 Å². The number of carbonyl (C=O) groups is 1. The number of carbonyl (C=O) groups excluding carboxylic acids is 1. The fourth-order valence-electron chi connectivity index (χ4n) is 8.95. The van der Waals surface area contributed by atoms with E-state index < -0.39 is 19.4 Å². The van der Waals surface area contributed by atoms with Crippen molar-refractivity contribution in [3.8, 4) is 5.75 Å². The van der Waals surface area contributed by atoms with Gasteiger partial charge in [0.1, 0.15) is 5.75 Å². The van der Waals surface area contributed by atoms with Crippen LogP contribution in [0.1, 0.15) is 92.9 Å².